The van der Waals surface area contributed by atoms with Crippen LogP contribution in [0.5, 0.6) is 0 Å². The van der Waals surface area contributed by atoms with E-state index in [0.717, 1.165) is 29.7 Å². The fourth-order valence-corrected chi connectivity index (χ4v) is 1.86. The van der Waals surface area contributed by atoms with E-state index in [0.29, 0.717) is 12.4 Å². The van der Waals surface area contributed by atoms with Crippen LogP contribution in [0.15, 0.2) is 28.4 Å². The van der Waals surface area contributed by atoms with Crippen LogP contribution in [0.1, 0.15) is 6.42 Å². The Morgan fingerprint density at radius 2 is 2.44 bits per heavy atom. The first-order chi connectivity index (χ1) is 7.75. The van der Waals surface area contributed by atoms with E-state index in [1.165, 1.54) is 5.57 Å². The summed E-state index contributed by atoms with van der Waals surface area (Å²) in [5, 5.41) is 3.26. The smallest absolute Gasteiger partial charge is 0.146 e. The first-order valence-corrected chi connectivity index (χ1v) is 5.95. The van der Waals surface area contributed by atoms with Gasteiger partial charge in [0.15, 0.2) is 0 Å². The van der Waals surface area contributed by atoms with Crippen LogP contribution < -0.4 is 11.1 Å². The molecule has 3 N–H and O–H groups in total. The van der Waals surface area contributed by atoms with Crippen LogP contribution in [-0.4, -0.2) is 24.7 Å². The molecule has 2 heterocycles. The van der Waals surface area contributed by atoms with Gasteiger partial charge in [-0.25, -0.2) is 4.98 Å². The maximum atomic E-state index is 5.76. The number of nitrogen functional groups attached to an aromatic ring is 1. The van der Waals surface area contributed by atoms with Gasteiger partial charge in [-0.1, -0.05) is 6.08 Å². The molecule has 0 aromatic carbocycles. The second-order valence-electron chi connectivity index (χ2n) is 3.64. The third kappa shape index (κ3) is 2.96. The monoisotopic (exact) mass is 283 g/mol. The lowest BCUT2D eigenvalue weighted by molar-refractivity contribution is 0.150. The zero-order chi connectivity index (χ0) is 11.4. The minimum atomic E-state index is 0.514. The second kappa shape index (κ2) is 5.32. The van der Waals surface area contributed by atoms with Crippen molar-refractivity contribution >= 4 is 27.4 Å². The molecular formula is C11H14BrN3O. The van der Waals surface area contributed by atoms with Crippen LogP contribution >= 0.6 is 15.9 Å². The van der Waals surface area contributed by atoms with E-state index in [-0.39, 0.29) is 0 Å². The maximum absolute atomic E-state index is 5.76. The molecule has 86 valence electrons. The molecule has 0 fully saturated rings. The fourth-order valence-electron chi connectivity index (χ4n) is 1.53. The van der Waals surface area contributed by atoms with Gasteiger partial charge < -0.3 is 15.8 Å². The van der Waals surface area contributed by atoms with Crippen LogP contribution in [0, 0.1) is 0 Å². The van der Waals surface area contributed by atoms with Gasteiger partial charge >= 0.3 is 0 Å². The third-order valence-corrected chi connectivity index (χ3v) is 2.81. The van der Waals surface area contributed by atoms with Crippen molar-refractivity contribution < 1.29 is 4.74 Å². The van der Waals surface area contributed by atoms with Gasteiger partial charge in [-0.05, 0) is 34.0 Å². The van der Waals surface area contributed by atoms with E-state index in [4.69, 9.17) is 10.5 Å². The Labute approximate surface area is 103 Å². The summed E-state index contributed by atoms with van der Waals surface area (Å²) in [5.74, 6) is 0.514. The highest BCUT2D eigenvalue weighted by atomic mass is 79.9. The van der Waals surface area contributed by atoms with Gasteiger partial charge in [-0.3, -0.25) is 0 Å². The van der Waals surface area contributed by atoms with Crippen molar-refractivity contribution in [3.63, 3.8) is 0 Å². The number of aromatic nitrogens is 1. The zero-order valence-corrected chi connectivity index (χ0v) is 10.5. The predicted octanol–water partition coefficient (Wildman–Crippen LogP) is 2.18. The number of hydrogen-bond donors (Lipinski definition) is 2. The largest absolute Gasteiger partial charge is 0.382 e. The summed E-state index contributed by atoms with van der Waals surface area (Å²) in [6, 6.07) is 1.92. The number of pyridine rings is 1. The Morgan fingerprint density at radius 3 is 3.19 bits per heavy atom. The van der Waals surface area contributed by atoms with Gasteiger partial charge in [-0.15, -0.1) is 0 Å². The molecule has 5 heteroatoms. The average Bonchev–Trinajstić information content (AvgIpc) is 2.32. The van der Waals surface area contributed by atoms with E-state index in [1.807, 2.05) is 6.07 Å². The van der Waals surface area contributed by atoms with E-state index in [1.54, 1.807) is 6.20 Å². The molecule has 1 aromatic heterocycles. The SMILES string of the molecule is Nc1ncc(Br)cc1NCC1=CCCOC1. The molecule has 0 saturated carbocycles. The van der Waals surface area contributed by atoms with Crippen molar-refractivity contribution in [1.29, 1.82) is 0 Å². The molecular weight excluding hydrogens is 270 g/mol. The van der Waals surface area contributed by atoms with Crippen molar-refractivity contribution in [1.82, 2.24) is 4.98 Å². The molecule has 1 aliphatic rings. The Hall–Kier alpha value is -1.07. The van der Waals surface area contributed by atoms with Gasteiger partial charge in [0.1, 0.15) is 5.82 Å². The zero-order valence-electron chi connectivity index (χ0n) is 8.87. The highest BCUT2D eigenvalue weighted by molar-refractivity contribution is 9.10. The topological polar surface area (TPSA) is 60.2 Å². The first-order valence-electron chi connectivity index (χ1n) is 5.16. The van der Waals surface area contributed by atoms with Gasteiger partial charge in [0.25, 0.3) is 0 Å². The van der Waals surface area contributed by atoms with Gasteiger partial charge in [0.05, 0.1) is 18.9 Å². The maximum Gasteiger partial charge on any atom is 0.146 e. The van der Waals surface area contributed by atoms with Crippen molar-refractivity contribution in [3.05, 3.63) is 28.4 Å². The molecule has 1 aliphatic heterocycles. The number of rotatable bonds is 3. The molecule has 0 spiro atoms. The minimum Gasteiger partial charge on any atom is -0.382 e. The summed E-state index contributed by atoms with van der Waals surface area (Å²) >= 11 is 3.36. The number of nitrogens with two attached hydrogens (primary N) is 1. The average molecular weight is 284 g/mol. The molecule has 2 rings (SSSR count). The number of hydrogen-bond acceptors (Lipinski definition) is 4. The molecule has 0 bridgehead atoms. The Balaban J connectivity index is 1.98. The fraction of sp³-hybridized carbons (Fsp3) is 0.364. The van der Waals surface area contributed by atoms with Crippen molar-refractivity contribution in [2.45, 2.75) is 6.42 Å². The molecule has 16 heavy (non-hydrogen) atoms. The lowest BCUT2D eigenvalue weighted by Crippen LogP contribution is -2.14. The highest BCUT2D eigenvalue weighted by Crippen LogP contribution is 2.21. The molecule has 0 atom stereocenters. The predicted molar refractivity (Wildman–Crippen MR) is 68.4 cm³/mol. The summed E-state index contributed by atoms with van der Waals surface area (Å²) in [7, 11) is 0. The Morgan fingerprint density at radius 1 is 1.56 bits per heavy atom. The van der Waals surface area contributed by atoms with Crippen LogP contribution in [0.25, 0.3) is 0 Å². The number of ether oxygens (including phenoxy) is 1. The van der Waals surface area contributed by atoms with Crippen LogP contribution in [0.3, 0.4) is 0 Å². The molecule has 0 aliphatic carbocycles. The summed E-state index contributed by atoms with van der Waals surface area (Å²) in [5.41, 5.74) is 7.86. The van der Waals surface area contributed by atoms with Crippen molar-refractivity contribution in [2.75, 3.05) is 30.8 Å². The number of nitrogens with one attached hydrogen (secondary N) is 1. The minimum absolute atomic E-state index is 0.514. The number of nitrogens with zero attached hydrogens (tertiary/aromatic N) is 1. The van der Waals surface area contributed by atoms with E-state index in [2.05, 4.69) is 32.3 Å². The van der Waals surface area contributed by atoms with Crippen LogP contribution in [-0.2, 0) is 4.74 Å². The molecule has 1 aromatic rings. The Kier molecular flexibility index (Phi) is 3.79. The molecule has 0 unspecified atom stereocenters. The number of anilines is 2. The lowest BCUT2D eigenvalue weighted by Gasteiger charge is -2.15. The third-order valence-electron chi connectivity index (χ3n) is 2.37. The summed E-state index contributed by atoms with van der Waals surface area (Å²) < 4.78 is 6.27. The van der Waals surface area contributed by atoms with Gasteiger partial charge in [0, 0.05) is 17.2 Å². The lowest BCUT2D eigenvalue weighted by atomic mass is 10.2. The standard InChI is InChI=1S/C11H14BrN3O/c12-9-4-10(11(13)15-6-9)14-5-8-2-1-3-16-7-8/h2,4,6,14H,1,3,5,7H2,(H2,13,15). The summed E-state index contributed by atoms with van der Waals surface area (Å²) in [6.07, 6.45) is 4.88. The summed E-state index contributed by atoms with van der Waals surface area (Å²) in [4.78, 5) is 4.06. The Bertz CT molecular complexity index is 406. The summed E-state index contributed by atoms with van der Waals surface area (Å²) in [6.45, 7) is 2.28. The van der Waals surface area contributed by atoms with Gasteiger partial charge in [-0.2, -0.15) is 0 Å². The van der Waals surface area contributed by atoms with Crippen molar-refractivity contribution in [2.24, 2.45) is 0 Å². The molecule has 0 saturated heterocycles. The van der Waals surface area contributed by atoms with E-state index < -0.39 is 0 Å². The molecule has 0 amide bonds. The second-order valence-corrected chi connectivity index (χ2v) is 4.56. The molecule has 4 nitrogen and oxygen atoms in total. The van der Waals surface area contributed by atoms with Gasteiger partial charge in [0.2, 0.25) is 0 Å². The van der Waals surface area contributed by atoms with E-state index >= 15 is 0 Å². The van der Waals surface area contributed by atoms with Crippen LogP contribution in [0.2, 0.25) is 0 Å². The quantitative estimate of drug-likeness (QED) is 0.835. The van der Waals surface area contributed by atoms with Crippen LogP contribution in [0.4, 0.5) is 11.5 Å². The molecule has 0 radical (unpaired) electrons. The number of halogens is 1. The highest BCUT2D eigenvalue weighted by Gasteiger charge is 2.05. The van der Waals surface area contributed by atoms with Crippen molar-refractivity contribution in [3.8, 4) is 0 Å². The normalized spacial score (nSPS) is 15.7. The van der Waals surface area contributed by atoms with E-state index in [9.17, 15) is 0 Å². The first kappa shape index (κ1) is 11.4.